The number of nitrogens with two attached hydrogens (primary N) is 1. The van der Waals surface area contributed by atoms with Crippen molar-refractivity contribution >= 4 is 17.9 Å². The van der Waals surface area contributed by atoms with Crippen LogP contribution in [-0.2, 0) is 16.1 Å². The quantitative estimate of drug-likeness (QED) is 0.398. The van der Waals surface area contributed by atoms with E-state index in [1.807, 2.05) is 24.3 Å². The van der Waals surface area contributed by atoms with Crippen molar-refractivity contribution in [2.24, 2.45) is 0 Å². The van der Waals surface area contributed by atoms with Gasteiger partial charge in [0, 0.05) is 24.7 Å². The van der Waals surface area contributed by atoms with E-state index in [-0.39, 0.29) is 19.1 Å². The summed E-state index contributed by atoms with van der Waals surface area (Å²) in [6.07, 6.45) is 1.71. The molecule has 1 aliphatic carbocycles. The number of carbonyl (C=O) groups excluding carboxylic acids is 2. The summed E-state index contributed by atoms with van der Waals surface area (Å²) in [6, 6.07) is 23.4. The number of ether oxygens (including phenoxy) is 1. The average Bonchev–Trinajstić information content (AvgIpc) is 3.22. The molecule has 5 rings (SSSR count). The van der Waals surface area contributed by atoms with Crippen LogP contribution >= 0.6 is 0 Å². The van der Waals surface area contributed by atoms with E-state index in [1.165, 1.54) is 0 Å². The summed E-state index contributed by atoms with van der Waals surface area (Å²) in [7, 11) is 0. The van der Waals surface area contributed by atoms with Crippen molar-refractivity contribution in [3.8, 4) is 11.1 Å². The molecule has 0 bridgehead atoms. The molecule has 0 aromatic heterocycles. The summed E-state index contributed by atoms with van der Waals surface area (Å²) in [6.45, 7) is 1.46. The summed E-state index contributed by atoms with van der Waals surface area (Å²) >= 11 is 0. The predicted octanol–water partition coefficient (Wildman–Crippen LogP) is 5.56. The lowest BCUT2D eigenvalue weighted by atomic mass is 9.98. The van der Waals surface area contributed by atoms with Crippen LogP contribution in [0.15, 0.2) is 72.8 Å². The first-order valence-electron chi connectivity index (χ1n) is 12.0. The van der Waals surface area contributed by atoms with Crippen LogP contribution in [0.4, 0.5) is 15.3 Å². The van der Waals surface area contributed by atoms with Crippen molar-refractivity contribution in [3.05, 3.63) is 89.5 Å². The van der Waals surface area contributed by atoms with Crippen molar-refractivity contribution in [3.63, 3.8) is 0 Å². The first-order chi connectivity index (χ1) is 17.1. The number of benzene rings is 3. The van der Waals surface area contributed by atoms with E-state index in [2.05, 4.69) is 24.3 Å². The Labute approximate surface area is 205 Å². The van der Waals surface area contributed by atoms with E-state index in [1.54, 1.807) is 29.2 Å². The van der Waals surface area contributed by atoms with Crippen molar-refractivity contribution in [1.29, 1.82) is 0 Å². The molecule has 0 unspecified atom stereocenters. The molecular weight excluding hydrogens is 442 g/mol. The molecule has 2 amide bonds. The predicted molar refractivity (Wildman–Crippen MR) is 133 cm³/mol. The number of hydroxylamine groups is 2. The second-order valence-corrected chi connectivity index (χ2v) is 8.99. The lowest BCUT2D eigenvalue weighted by Crippen LogP contribution is -2.42. The maximum absolute atomic E-state index is 13.2. The Balaban J connectivity index is 1.32. The Kier molecular flexibility index (Phi) is 6.57. The summed E-state index contributed by atoms with van der Waals surface area (Å²) in [5.41, 5.74) is 11.7. The van der Waals surface area contributed by atoms with Gasteiger partial charge in [-0.1, -0.05) is 60.7 Å². The van der Waals surface area contributed by atoms with Gasteiger partial charge < -0.3 is 20.2 Å². The van der Waals surface area contributed by atoms with Gasteiger partial charge in [-0.2, -0.15) is 0 Å². The van der Waals surface area contributed by atoms with Crippen LogP contribution in [0.5, 0.6) is 0 Å². The molecule has 0 radical (unpaired) electrons. The van der Waals surface area contributed by atoms with Crippen LogP contribution in [0, 0.1) is 0 Å². The molecule has 1 saturated heterocycles. The number of hydrogen-bond donors (Lipinski definition) is 1. The van der Waals surface area contributed by atoms with Gasteiger partial charge in [0.05, 0.1) is 6.54 Å². The summed E-state index contributed by atoms with van der Waals surface area (Å²) < 4.78 is 5.75. The third kappa shape index (κ3) is 4.94. The minimum atomic E-state index is -0.700. The normalized spacial score (nSPS) is 14.7. The molecule has 1 heterocycles. The van der Waals surface area contributed by atoms with Gasteiger partial charge in [-0.15, -0.1) is 5.06 Å². The number of likely N-dealkylation sites (tertiary alicyclic amines) is 1. The third-order valence-electron chi connectivity index (χ3n) is 6.65. The molecule has 3 aromatic carbocycles. The van der Waals surface area contributed by atoms with Gasteiger partial charge in [0.1, 0.15) is 6.61 Å². The average molecular weight is 472 g/mol. The van der Waals surface area contributed by atoms with Gasteiger partial charge in [0.15, 0.2) is 0 Å². The maximum Gasteiger partial charge on any atom is 0.443 e. The fourth-order valence-electron chi connectivity index (χ4n) is 4.82. The number of amides is 2. The smallest absolute Gasteiger partial charge is 0.443 e. The molecule has 35 heavy (non-hydrogen) atoms. The Morgan fingerprint density at radius 1 is 0.857 bits per heavy atom. The zero-order valence-corrected chi connectivity index (χ0v) is 19.6. The molecule has 7 heteroatoms. The van der Waals surface area contributed by atoms with Crippen molar-refractivity contribution in [2.45, 2.75) is 31.7 Å². The van der Waals surface area contributed by atoms with E-state index >= 15 is 0 Å². The number of nitrogen functional groups attached to an aromatic ring is 1. The van der Waals surface area contributed by atoms with Gasteiger partial charge in [0.2, 0.25) is 0 Å². The molecule has 3 aromatic rings. The van der Waals surface area contributed by atoms with Crippen LogP contribution in [-0.4, -0.2) is 41.8 Å². The Bertz CT molecular complexity index is 1160. The summed E-state index contributed by atoms with van der Waals surface area (Å²) in [4.78, 5) is 33.2. The number of anilines is 1. The van der Waals surface area contributed by atoms with Gasteiger partial charge in [-0.25, -0.2) is 9.59 Å². The third-order valence-corrected chi connectivity index (χ3v) is 6.65. The van der Waals surface area contributed by atoms with E-state index in [0.717, 1.165) is 52.1 Å². The fraction of sp³-hybridized carbons (Fsp3) is 0.286. The number of fused-ring (bicyclic) bond motifs is 3. The zero-order valence-electron chi connectivity index (χ0n) is 19.6. The van der Waals surface area contributed by atoms with Crippen LogP contribution in [0.3, 0.4) is 0 Å². The van der Waals surface area contributed by atoms with Gasteiger partial charge in [-0.05, 0) is 59.2 Å². The Hall–Kier alpha value is -4.00. The summed E-state index contributed by atoms with van der Waals surface area (Å²) in [5, 5.41) is 1.01. The van der Waals surface area contributed by atoms with Gasteiger partial charge in [0.25, 0.3) is 0 Å². The van der Waals surface area contributed by atoms with E-state index in [9.17, 15) is 9.59 Å². The highest BCUT2D eigenvalue weighted by molar-refractivity contribution is 5.79. The number of nitrogens with zero attached hydrogens (tertiary/aromatic N) is 2. The largest absolute Gasteiger partial charge is 0.446 e. The van der Waals surface area contributed by atoms with E-state index < -0.39 is 12.2 Å². The van der Waals surface area contributed by atoms with Crippen molar-refractivity contribution in [2.75, 3.05) is 25.4 Å². The molecule has 1 aliphatic heterocycles. The van der Waals surface area contributed by atoms with E-state index in [0.29, 0.717) is 18.8 Å². The second-order valence-electron chi connectivity index (χ2n) is 8.99. The Morgan fingerprint density at radius 2 is 1.46 bits per heavy atom. The van der Waals surface area contributed by atoms with Gasteiger partial charge >= 0.3 is 12.2 Å². The number of carbonyl (C=O) groups is 2. The number of rotatable bonds is 4. The minimum absolute atomic E-state index is 0.0660. The van der Waals surface area contributed by atoms with Crippen LogP contribution in [0.25, 0.3) is 11.1 Å². The highest BCUT2D eigenvalue weighted by atomic mass is 16.8. The topological polar surface area (TPSA) is 85.1 Å². The fourth-order valence-corrected chi connectivity index (χ4v) is 4.82. The standard InChI is InChI=1S/C28H29N3O4/c29-21-14-12-20(13-15-21)18-31(35-27(32)30-16-6-1-7-17-30)28(33)34-19-26-24-10-4-2-8-22(24)23-9-3-5-11-25(23)26/h2-5,8-15,26H,1,6-7,16-19,29H2. The molecule has 7 nitrogen and oxygen atoms in total. The molecular formula is C28H29N3O4. The lowest BCUT2D eigenvalue weighted by molar-refractivity contribution is -0.103. The molecule has 0 atom stereocenters. The number of hydrogen-bond acceptors (Lipinski definition) is 5. The number of piperidine rings is 1. The van der Waals surface area contributed by atoms with Gasteiger partial charge in [-0.3, -0.25) is 0 Å². The second kappa shape index (κ2) is 10.1. The minimum Gasteiger partial charge on any atom is -0.446 e. The first kappa shape index (κ1) is 22.8. The molecule has 2 N–H and O–H groups in total. The zero-order chi connectivity index (χ0) is 24.2. The highest BCUT2D eigenvalue weighted by Gasteiger charge is 2.31. The summed E-state index contributed by atoms with van der Waals surface area (Å²) in [5.74, 6) is -0.0810. The Morgan fingerprint density at radius 3 is 2.09 bits per heavy atom. The highest BCUT2D eigenvalue weighted by Crippen LogP contribution is 2.44. The SMILES string of the molecule is Nc1ccc(CN(OC(=O)N2CCCCC2)C(=O)OCC2c3ccccc3-c3ccccc32)cc1. The molecule has 2 aliphatic rings. The molecule has 0 saturated carbocycles. The molecule has 1 fully saturated rings. The maximum atomic E-state index is 13.2. The first-order valence-corrected chi connectivity index (χ1v) is 12.0. The van der Waals surface area contributed by atoms with Crippen molar-refractivity contribution < 1.29 is 19.2 Å². The lowest BCUT2D eigenvalue weighted by Gasteiger charge is -2.29. The van der Waals surface area contributed by atoms with Crippen molar-refractivity contribution in [1.82, 2.24) is 9.96 Å². The monoisotopic (exact) mass is 471 g/mol. The van der Waals surface area contributed by atoms with Crippen LogP contribution < -0.4 is 5.73 Å². The van der Waals surface area contributed by atoms with Crippen LogP contribution in [0.1, 0.15) is 41.9 Å². The molecule has 180 valence electrons. The van der Waals surface area contributed by atoms with E-state index in [4.69, 9.17) is 15.3 Å². The molecule has 0 spiro atoms. The van der Waals surface area contributed by atoms with Crippen LogP contribution in [0.2, 0.25) is 0 Å².